The first-order valence-electron chi connectivity index (χ1n) is 19.7. The van der Waals surface area contributed by atoms with Crippen LogP contribution < -0.4 is 4.90 Å². The highest BCUT2D eigenvalue weighted by Gasteiger charge is 2.20. The van der Waals surface area contributed by atoms with Crippen molar-refractivity contribution in [1.29, 1.82) is 0 Å². The fourth-order valence-electron chi connectivity index (χ4n) is 8.90. The summed E-state index contributed by atoms with van der Waals surface area (Å²) in [4.78, 5) is 2.38. The second-order valence-electron chi connectivity index (χ2n) is 14.9. The van der Waals surface area contributed by atoms with Crippen molar-refractivity contribution in [3.8, 4) is 27.9 Å². The van der Waals surface area contributed by atoms with Crippen molar-refractivity contribution >= 4 is 92.3 Å². The van der Waals surface area contributed by atoms with Gasteiger partial charge in [0.2, 0.25) is 0 Å². The standard InChI is InChI=1S/C54H34N2OS/c1-2-13-35(14-3-1)37-15-12-16-39(31-37)55(40-29-30-53-47(32-40)45-20-7-11-24-52(45)58-53)38-27-25-36(26-28-38)46-33-41(34-48-44-19-6-10-23-51(44)57-54(46)48)56-49-21-8-4-17-42(49)43-18-5-9-22-50(43)56/h1-34H. The molecule has 0 radical (unpaired) electrons. The Morgan fingerprint density at radius 2 is 1.00 bits per heavy atom. The van der Waals surface area contributed by atoms with Gasteiger partial charge in [0.05, 0.1) is 11.0 Å². The fraction of sp³-hybridized carbons (Fsp3) is 0. The molecule has 12 rings (SSSR count). The first-order chi connectivity index (χ1) is 28.7. The molecular weight excluding hydrogens is 725 g/mol. The van der Waals surface area contributed by atoms with Crippen molar-refractivity contribution in [1.82, 2.24) is 4.57 Å². The second kappa shape index (κ2) is 13.1. The molecule has 0 aliphatic heterocycles. The summed E-state index contributed by atoms with van der Waals surface area (Å²) >= 11 is 1.85. The van der Waals surface area contributed by atoms with Crippen molar-refractivity contribution in [2.75, 3.05) is 4.90 Å². The van der Waals surface area contributed by atoms with E-state index in [1.165, 1.54) is 53.1 Å². The highest BCUT2D eigenvalue weighted by Crippen LogP contribution is 2.44. The van der Waals surface area contributed by atoms with Gasteiger partial charge in [0, 0.05) is 70.0 Å². The van der Waals surface area contributed by atoms with Gasteiger partial charge in [-0.3, -0.25) is 0 Å². The van der Waals surface area contributed by atoms with Crippen LogP contribution in [-0.4, -0.2) is 4.57 Å². The molecule has 9 aromatic carbocycles. The molecule has 0 saturated heterocycles. The van der Waals surface area contributed by atoms with Crippen LogP contribution in [0.25, 0.3) is 91.9 Å². The lowest BCUT2D eigenvalue weighted by Gasteiger charge is -2.26. The van der Waals surface area contributed by atoms with Crippen molar-refractivity contribution in [3.63, 3.8) is 0 Å². The minimum absolute atomic E-state index is 0.885. The van der Waals surface area contributed by atoms with E-state index in [2.05, 4.69) is 210 Å². The molecule has 4 heteroatoms. The molecule has 0 unspecified atom stereocenters. The summed E-state index contributed by atoms with van der Waals surface area (Å²) in [5.41, 5.74) is 13.0. The van der Waals surface area contributed by atoms with Crippen molar-refractivity contribution < 1.29 is 4.42 Å². The lowest BCUT2D eigenvalue weighted by atomic mass is 10.00. The van der Waals surface area contributed by atoms with Crippen LogP contribution >= 0.6 is 11.3 Å². The number of aromatic nitrogens is 1. The third-order valence-electron chi connectivity index (χ3n) is 11.6. The topological polar surface area (TPSA) is 21.3 Å². The Kier molecular flexibility index (Phi) is 7.40. The average Bonchev–Trinajstić information content (AvgIpc) is 3.96. The van der Waals surface area contributed by atoms with E-state index < -0.39 is 0 Å². The quantitative estimate of drug-likeness (QED) is 0.168. The minimum atomic E-state index is 0.885. The molecule has 0 bridgehead atoms. The van der Waals surface area contributed by atoms with Crippen LogP contribution in [0.2, 0.25) is 0 Å². The largest absolute Gasteiger partial charge is 0.455 e. The van der Waals surface area contributed by atoms with E-state index in [9.17, 15) is 0 Å². The van der Waals surface area contributed by atoms with E-state index in [-0.39, 0.29) is 0 Å². The third-order valence-corrected chi connectivity index (χ3v) is 12.7. The Morgan fingerprint density at radius 1 is 0.379 bits per heavy atom. The monoisotopic (exact) mass is 758 g/mol. The zero-order valence-corrected chi connectivity index (χ0v) is 32.2. The van der Waals surface area contributed by atoms with Crippen LogP contribution in [0.3, 0.4) is 0 Å². The van der Waals surface area contributed by atoms with Gasteiger partial charge in [-0.15, -0.1) is 11.3 Å². The number of thiophene rings is 1. The van der Waals surface area contributed by atoms with E-state index in [0.717, 1.165) is 55.8 Å². The van der Waals surface area contributed by atoms with Gasteiger partial charge in [-0.2, -0.15) is 0 Å². The molecule has 3 heterocycles. The Hall–Kier alpha value is -7.40. The normalized spacial score (nSPS) is 11.8. The lowest BCUT2D eigenvalue weighted by Crippen LogP contribution is -2.10. The summed E-state index contributed by atoms with van der Waals surface area (Å²) in [5.74, 6) is 0. The molecule has 58 heavy (non-hydrogen) atoms. The molecule has 0 fully saturated rings. The Labute approximate surface area is 338 Å². The highest BCUT2D eigenvalue weighted by atomic mass is 32.1. The van der Waals surface area contributed by atoms with Crippen LogP contribution in [0, 0.1) is 0 Å². The summed E-state index contributed by atoms with van der Waals surface area (Å²) in [5, 5.41) is 7.25. The smallest absolute Gasteiger partial charge is 0.143 e. The van der Waals surface area contributed by atoms with E-state index in [1.807, 2.05) is 17.4 Å². The summed E-state index contributed by atoms with van der Waals surface area (Å²) in [6, 6.07) is 74.4. The first-order valence-corrected chi connectivity index (χ1v) is 20.5. The fourth-order valence-corrected chi connectivity index (χ4v) is 9.99. The molecule has 0 atom stereocenters. The molecule has 0 N–H and O–H groups in total. The Balaban J connectivity index is 1.05. The summed E-state index contributed by atoms with van der Waals surface area (Å²) in [7, 11) is 0. The molecule has 272 valence electrons. The van der Waals surface area contributed by atoms with E-state index in [1.54, 1.807) is 0 Å². The third kappa shape index (κ3) is 5.19. The van der Waals surface area contributed by atoms with E-state index >= 15 is 0 Å². The average molecular weight is 759 g/mol. The van der Waals surface area contributed by atoms with Crippen LogP contribution in [0.5, 0.6) is 0 Å². The van der Waals surface area contributed by atoms with Crippen molar-refractivity contribution in [2.24, 2.45) is 0 Å². The molecule has 3 aromatic heterocycles. The number of anilines is 3. The zero-order valence-electron chi connectivity index (χ0n) is 31.3. The van der Waals surface area contributed by atoms with Gasteiger partial charge in [0.1, 0.15) is 11.2 Å². The molecular formula is C54H34N2OS. The molecule has 0 saturated carbocycles. The number of benzene rings is 9. The number of hydrogen-bond acceptors (Lipinski definition) is 3. The molecule has 0 aliphatic carbocycles. The van der Waals surface area contributed by atoms with Crippen molar-refractivity contribution in [3.05, 3.63) is 206 Å². The highest BCUT2D eigenvalue weighted by molar-refractivity contribution is 7.25. The maximum Gasteiger partial charge on any atom is 0.143 e. The second-order valence-corrected chi connectivity index (χ2v) is 16.0. The van der Waals surface area contributed by atoms with Gasteiger partial charge < -0.3 is 13.9 Å². The van der Waals surface area contributed by atoms with Crippen LogP contribution in [0.4, 0.5) is 17.1 Å². The SMILES string of the molecule is c1ccc(-c2cccc(N(c3ccc(-c4cc(-n5c6ccccc6c6ccccc65)cc5c4oc4ccccc45)cc3)c3ccc4sc5ccccc5c4c3)c2)cc1. The molecule has 0 amide bonds. The molecule has 0 spiro atoms. The van der Waals surface area contributed by atoms with Crippen LogP contribution in [-0.2, 0) is 0 Å². The van der Waals surface area contributed by atoms with Gasteiger partial charge in [-0.1, -0.05) is 127 Å². The van der Waals surface area contributed by atoms with E-state index in [0.29, 0.717) is 0 Å². The Bertz CT molecular complexity index is 3460. The van der Waals surface area contributed by atoms with Crippen molar-refractivity contribution in [2.45, 2.75) is 0 Å². The number of fused-ring (bicyclic) bond motifs is 9. The molecule has 3 nitrogen and oxygen atoms in total. The molecule has 0 aliphatic rings. The van der Waals surface area contributed by atoms with Gasteiger partial charge in [0.15, 0.2) is 0 Å². The Morgan fingerprint density at radius 3 is 1.79 bits per heavy atom. The summed E-state index contributed by atoms with van der Waals surface area (Å²) < 4.78 is 11.7. The van der Waals surface area contributed by atoms with Crippen LogP contribution in [0.1, 0.15) is 0 Å². The predicted octanol–water partition coefficient (Wildman–Crippen LogP) is 15.9. The number of rotatable bonds is 6. The number of furan rings is 1. The summed E-state index contributed by atoms with van der Waals surface area (Å²) in [6.45, 7) is 0. The first kappa shape index (κ1) is 32.8. The zero-order chi connectivity index (χ0) is 38.2. The predicted molar refractivity (Wildman–Crippen MR) is 247 cm³/mol. The van der Waals surface area contributed by atoms with E-state index in [4.69, 9.17) is 4.42 Å². The number of hydrogen-bond donors (Lipinski definition) is 0. The van der Waals surface area contributed by atoms with Crippen LogP contribution in [0.15, 0.2) is 211 Å². The maximum absolute atomic E-state index is 6.71. The number of nitrogens with zero attached hydrogens (tertiary/aromatic N) is 2. The maximum atomic E-state index is 6.71. The lowest BCUT2D eigenvalue weighted by molar-refractivity contribution is 0.670. The minimum Gasteiger partial charge on any atom is -0.455 e. The van der Waals surface area contributed by atoms with Gasteiger partial charge in [-0.05, 0) is 95.6 Å². The summed E-state index contributed by atoms with van der Waals surface area (Å²) in [6.07, 6.45) is 0. The van der Waals surface area contributed by atoms with Gasteiger partial charge >= 0.3 is 0 Å². The molecule has 12 aromatic rings. The van der Waals surface area contributed by atoms with Gasteiger partial charge in [-0.25, -0.2) is 0 Å². The number of para-hydroxylation sites is 3. The van der Waals surface area contributed by atoms with Gasteiger partial charge in [0.25, 0.3) is 0 Å².